The summed E-state index contributed by atoms with van der Waals surface area (Å²) >= 11 is 3.15. The molecule has 0 aliphatic heterocycles. The first kappa shape index (κ1) is 14.3. The molecule has 0 fully saturated rings. The molecule has 1 aromatic carbocycles. The van der Waals surface area contributed by atoms with E-state index in [0.29, 0.717) is 16.5 Å². The lowest BCUT2D eigenvalue weighted by Crippen LogP contribution is -2.24. The lowest BCUT2D eigenvalue weighted by molar-refractivity contribution is -0.118. The van der Waals surface area contributed by atoms with Gasteiger partial charge in [-0.3, -0.25) is 4.79 Å². The van der Waals surface area contributed by atoms with Crippen molar-refractivity contribution in [2.45, 2.75) is 38.6 Å². The van der Waals surface area contributed by atoms with Crippen LogP contribution in [0.4, 0.5) is 4.39 Å². The third-order valence-electron chi connectivity index (χ3n) is 2.57. The van der Waals surface area contributed by atoms with E-state index >= 15 is 0 Å². The van der Waals surface area contributed by atoms with Gasteiger partial charge >= 0.3 is 0 Å². The van der Waals surface area contributed by atoms with E-state index in [1.165, 1.54) is 6.07 Å². The summed E-state index contributed by atoms with van der Waals surface area (Å²) < 4.78 is 13.6. The van der Waals surface area contributed by atoms with Gasteiger partial charge in [0.05, 0.1) is 4.47 Å². The summed E-state index contributed by atoms with van der Waals surface area (Å²) in [7, 11) is 0. The quantitative estimate of drug-likeness (QED) is 0.877. The Morgan fingerprint density at radius 1 is 1.53 bits per heavy atom. The highest BCUT2D eigenvalue weighted by atomic mass is 79.9. The molecular formula is C13H17BrFNO. The number of ketones is 1. The van der Waals surface area contributed by atoms with Crippen LogP contribution < -0.4 is 5.73 Å². The Kier molecular flexibility index (Phi) is 5.78. The molecule has 0 spiro atoms. The molecule has 0 aliphatic carbocycles. The molecule has 94 valence electrons. The second-order valence-corrected chi connectivity index (χ2v) is 4.97. The molecule has 0 aromatic heterocycles. The lowest BCUT2D eigenvalue weighted by Gasteiger charge is -2.10. The van der Waals surface area contributed by atoms with Crippen LogP contribution in [0.1, 0.15) is 31.7 Å². The maximum atomic E-state index is 13.2. The Bertz CT molecular complexity index is 395. The molecule has 0 aliphatic rings. The number of hydrogen-bond acceptors (Lipinski definition) is 2. The molecule has 1 rings (SSSR count). The normalized spacial score (nSPS) is 12.5. The SMILES string of the molecule is CCCC(N)CC(=O)Cc1cccc(F)c1Br. The fourth-order valence-corrected chi connectivity index (χ4v) is 2.14. The number of benzene rings is 1. The lowest BCUT2D eigenvalue weighted by atomic mass is 10.0. The summed E-state index contributed by atoms with van der Waals surface area (Å²) in [6, 6.07) is 4.63. The minimum atomic E-state index is -0.340. The Balaban J connectivity index is 2.59. The molecule has 17 heavy (non-hydrogen) atoms. The summed E-state index contributed by atoms with van der Waals surface area (Å²) in [5.41, 5.74) is 6.48. The molecule has 0 saturated carbocycles. The van der Waals surface area contributed by atoms with E-state index in [9.17, 15) is 9.18 Å². The van der Waals surface area contributed by atoms with Crippen LogP contribution in [-0.2, 0) is 11.2 Å². The molecule has 0 heterocycles. The zero-order valence-corrected chi connectivity index (χ0v) is 11.5. The Hall–Kier alpha value is -0.740. The average Bonchev–Trinajstić information content (AvgIpc) is 2.25. The second-order valence-electron chi connectivity index (χ2n) is 4.18. The van der Waals surface area contributed by atoms with Crippen molar-refractivity contribution in [3.63, 3.8) is 0 Å². The zero-order valence-electron chi connectivity index (χ0n) is 9.88. The van der Waals surface area contributed by atoms with Crippen LogP contribution in [-0.4, -0.2) is 11.8 Å². The van der Waals surface area contributed by atoms with Crippen molar-refractivity contribution in [2.24, 2.45) is 5.73 Å². The van der Waals surface area contributed by atoms with Gasteiger partial charge in [0.2, 0.25) is 0 Å². The van der Waals surface area contributed by atoms with E-state index in [1.807, 2.05) is 6.92 Å². The van der Waals surface area contributed by atoms with Crippen molar-refractivity contribution < 1.29 is 9.18 Å². The van der Waals surface area contributed by atoms with Gasteiger partial charge in [-0.25, -0.2) is 4.39 Å². The minimum absolute atomic E-state index is 0.0530. The molecule has 0 radical (unpaired) electrons. The predicted molar refractivity (Wildman–Crippen MR) is 70.3 cm³/mol. The summed E-state index contributed by atoms with van der Waals surface area (Å²) in [6.45, 7) is 2.04. The van der Waals surface area contributed by atoms with E-state index in [1.54, 1.807) is 12.1 Å². The summed E-state index contributed by atoms with van der Waals surface area (Å²) in [4.78, 5) is 11.7. The smallest absolute Gasteiger partial charge is 0.138 e. The van der Waals surface area contributed by atoms with E-state index in [4.69, 9.17) is 5.73 Å². The second kappa shape index (κ2) is 6.87. The van der Waals surface area contributed by atoms with Crippen LogP contribution in [0, 0.1) is 5.82 Å². The Morgan fingerprint density at radius 3 is 2.88 bits per heavy atom. The summed E-state index contributed by atoms with van der Waals surface area (Å²) in [5, 5.41) is 0. The first-order valence-corrected chi connectivity index (χ1v) is 6.54. The molecule has 1 aromatic rings. The third-order valence-corrected chi connectivity index (χ3v) is 3.46. The number of Topliss-reactive ketones (excluding diaryl/α,β-unsaturated/α-hetero) is 1. The van der Waals surface area contributed by atoms with Gasteiger partial charge in [-0.15, -0.1) is 0 Å². The first-order valence-electron chi connectivity index (χ1n) is 5.74. The number of halogens is 2. The highest BCUT2D eigenvalue weighted by Gasteiger charge is 2.12. The number of hydrogen-bond donors (Lipinski definition) is 1. The van der Waals surface area contributed by atoms with Crippen molar-refractivity contribution in [3.05, 3.63) is 34.1 Å². The van der Waals surface area contributed by atoms with E-state index in [2.05, 4.69) is 15.9 Å². The predicted octanol–water partition coefficient (Wildman–Crippen LogP) is 3.22. The molecule has 0 saturated heterocycles. The largest absolute Gasteiger partial charge is 0.327 e. The van der Waals surface area contributed by atoms with Gasteiger partial charge in [0.25, 0.3) is 0 Å². The molecule has 0 bridgehead atoms. The molecule has 2 nitrogen and oxygen atoms in total. The highest BCUT2D eigenvalue weighted by molar-refractivity contribution is 9.10. The Labute approximate surface area is 110 Å². The number of carbonyl (C=O) groups is 1. The van der Waals surface area contributed by atoms with Gasteiger partial charge in [0, 0.05) is 18.9 Å². The molecular weight excluding hydrogens is 285 g/mol. The van der Waals surface area contributed by atoms with Crippen molar-refractivity contribution in [1.82, 2.24) is 0 Å². The van der Waals surface area contributed by atoms with Crippen molar-refractivity contribution in [1.29, 1.82) is 0 Å². The molecule has 2 N–H and O–H groups in total. The summed E-state index contributed by atoms with van der Waals surface area (Å²) in [6.07, 6.45) is 2.40. The van der Waals surface area contributed by atoms with Crippen molar-refractivity contribution >= 4 is 21.7 Å². The standard InChI is InChI=1S/C13H17BrFNO/c1-2-4-10(16)8-11(17)7-9-5-3-6-12(15)13(9)14/h3,5-6,10H,2,4,7-8,16H2,1H3. The molecule has 1 unspecified atom stereocenters. The maximum absolute atomic E-state index is 13.2. The highest BCUT2D eigenvalue weighted by Crippen LogP contribution is 2.21. The Morgan fingerprint density at radius 2 is 2.24 bits per heavy atom. The third kappa shape index (κ3) is 4.56. The average molecular weight is 302 g/mol. The zero-order chi connectivity index (χ0) is 12.8. The van der Waals surface area contributed by atoms with Crippen LogP contribution in [0.2, 0.25) is 0 Å². The van der Waals surface area contributed by atoms with Gasteiger partial charge in [-0.05, 0) is 34.0 Å². The molecule has 4 heteroatoms. The van der Waals surface area contributed by atoms with Gasteiger partial charge in [0.1, 0.15) is 11.6 Å². The van der Waals surface area contributed by atoms with Gasteiger partial charge in [0.15, 0.2) is 0 Å². The van der Waals surface area contributed by atoms with Crippen LogP contribution in [0.5, 0.6) is 0 Å². The number of nitrogens with two attached hydrogens (primary N) is 1. The van der Waals surface area contributed by atoms with Crippen molar-refractivity contribution in [3.8, 4) is 0 Å². The topological polar surface area (TPSA) is 43.1 Å². The molecule has 0 amide bonds. The van der Waals surface area contributed by atoms with Crippen molar-refractivity contribution in [2.75, 3.05) is 0 Å². The van der Waals surface area contributed by atoms with Gasteiger partial charge in [-0.2, -0.15) is 0 Å². The van der Waals surface area contributed by atoms with Crippen LogP contribution in [0.3, 0.4) is 0 Å². The minimum Gasteiger partial charge on any atom is -0.327 e. The maximum Gasteiger partial charge on any atom is 0.138 e. The number of rotatable bonds is 6. The van der Waals surface area contributed by atoms with Crippen LogP contribution >= 0.6 is 15.9 Å². The van der Waals surface area contributed by atoms with E-state index in [-0.39, 0.29) is 24.1 Å². The first-order chi connectivity index (χ1) is 8.04. The van der Waals surface area contributed by atoms with Crippen LogP contribution in [0.15, 0.2) is 22.7 Å². The summed E-state index contributed by atoms with van der Waals surface area (Å²) in [5.74, 6) is -0.287. The fourth-order valence-electron chi connectivity index (χ4n) is 1.73. The van der Waals surface area contributed by atoms with E-state index < -0.39 is 0 Å². The number of carbonyl (C=O) groups excluding carboxylic acids is 1. The van der Waals surface area contributed by atoms with Gasteiger partial charge < -0.3 is 5.73 Å². The van der Waals surface area contributed by atoms with E-state index in [0.717, 1.165) is 12.8 Å². The van der Waals surface area contributed by atoms with Gasteiger partial charge in [-0.1, -0.05) is 25.5 Å². The fraction of sp³-hybridized carbons (Fsp3) is 0.462. The van der Waals surface area contributed by atoms with Crippen LogP contribution in [0.25, 0.3) is 0 Å². The molecule has 1 atom stereocenters. The monoisotopic (exact) mass is 301 g/mol.